The Hall–Kier alpha value is 1.88. The monoisotopic (exact) mass is 420 g/mol. The summed E-state index contributed by atoms with van der Waals surface area (Å²) >= 11 is 12.4. The lowest BCUT2D eigenvalue weighted by Gasteiger charge is -2.24. The van der Waals surface area contributed by atoms with Gasteiger partial charge in [-0.05, 0) is 52.1 Å². The third kappa shape index (κ3) is 5.82. The van der Waals surface area contributed by atoms with E-state index in [9.17, 15) is 0 Å². The molecule has 2 aliphatic rings. The lowest BCUT2D eigenvalue weighted by atomic mass is 10.6. The van der Waals surface area contributed by atoms with Crippen LogP contribution in [0.5, 0.6) is 0 Å². The first-order chi connectivity index (χ1) is 9.85. The highest BCUT2D eigenvalue weighted by Gasteiger charge is 2.23. The molecule has 2 aliphatic heterocycles. The molecule has 0 aromatic rings. The molecule has 0 amide bonds. The van der Waals surface area contributed by atoms with E-state index in [4.69, 9.17) is 0 Å². The van der Waals surface area contributed by atoms with Crippen molar-refractivity contribution in [3.63, 3.8) is 0 Å². The Bertz CT molecular complexity index is 307. The second kappa shape index (κ2) is 10.6. The summed E-state index contributed by atoms with van der Waals surface area (Å²) in [5, 5.41) is 4.34. The molecule has 0 saturated heterocycles. The van der Waals surface area contributed by atoms with E-state index >= 15 is 0 Å². The molecule has 0 spiro atoms. The van der Waals surface area contributed by atoms with Crippen LogP contribution in [0, 0.1) is 0 Å². The van der Waals surface area contributed by atoms with Gasteiger partial charge in [0, 0.05) is 37.0 Å². The van der Waals surface area contributed by atoms with Gasteiger partial charge in [0.1, 0.15) is 9.41 Å². The van der Waals surface area contributed by atoms with E-state index in [1.165, 1.54) is 0 Å². The average molecular weight is 421 g/mol. The quantitative estimate of drug-likeness (QED) is 0.297. The average Bonchev–Trinajstić information content (AvgIpc) is 3.06. The van der Waals surface area contributed by atoms with Crippen LogP contribution in [-0.4, -0.2) is 43.8 Å². The van der Waals surface area contributed by atoms with Gasteiger partial charge in [0.25, 0.3) is 0 Å². The first kappa shape index (κ1) is 18.2. The summed E-state index contributed by atoms with van der Waals surface area (Å²) in [5.41, 5.74) is 0. The van der Waals surface area contributed by atoms with Crippen molar-refractivity contribution in [2.75, 3.05) is 24.6 Å². The van der Waals surface area contributed by atoms with Gasteiger partial charge in [-0.2, -0.15) is 25.3 Å². The van der Waals surface area contributed by atoms with Gasteiger partial charge >= 0.3 is 0 Å². The van der Waals surface area contributed by atoms with Gasteiger partial charge in [-0.25, -0.2) is 0 Å². The predicted octanol–water partition coefficient (Wildman–Crippen LogP) is 5.13. The molecule has 0 radical (unpaired) electrons. The molecular formula is C10H16N2S8. The summed E-state index contributed by atoms with van der Waals surface area (Å²) in [5.74, 6) is 1.80. The number of hydrogen-bond donors (Lipinski definition) is 2. The lowest BCUT2D eigenvalue weighted by molar-refractivity contribution is 0.456. The highest BCUT2D eigenvalue weighted by atomic mass is 33.7. The van der Waals surface area contributed by atoms with Gasteiger partial charge < -0.3 is 9.80 Å². The summed E-state index contributed by atoms with van der Waals surface area (Å²) < 4.78 is 0.978. The number of hydrogen-bond acceptors (Lipinski definition) is 10. The zero-order chi connectivity index (χ0) is 14.2. The third-order valence-corrected chi connectivity index (χ3v) is 12.6. The summed E-state index contributed by atoms with van der Waals surface area (Å²) in [6.07, 6.45) is 4.34. The Morgan fingerprint density at radius 3 is 1.70 bits per heavy atom. The minimum atomic E-state index is 0.489. The zero-order valence-corrected chi connectivity index (χ0v) is 17.2. The minimum Gasteiger partial charge on any atom is -0.355 e. The molecule has 2 nitrogen and oxygen atoms in total. The molecule has 2 rings (SSSR count). The molecule has 2 atom stereocenters. The number of thioether (sulfide) groups is 2. The molecule has 0 aliphatic carbocycles. The first-order valence-electron chi connectivity index (χ1n) is 5.88. The molecule has 0 N–H and O–H groups in total. The number of nitrogens with zero attached hydrogens (tertiary/aromatic N) is 2. The normalized spacial score (nSPS) is 25.1. The van der Waals surface area contributed by atoms with E-state index in [1.807, 2.05) is 64.8 Å². The molecule has 2 heterocycles. The van der Waals surface area contributed by atoms with Crippen molar-refractivity contribution in [1.29, 1.82) is 0 Å². The van der Waals surface area contributed by atoms with Gasteiger partial charge in [0.2, 0.25) is 0 Å². The van der Waals surface area contributed by atoms with E-state index in [0.29, 0.717) is 9.41 Å². The SMILES string of the molecule is SCCN1C=CSC1SSSSC1SC=CN1CCS. The van der Waals surface area contributed by atoms with Crippen LogP contribution in [0.15, 0.2) is 23.2 Å². The van der Waals surface area contributed by atoms with E-state index < -0.39 is 0 Å². The summed E-state index contributed by atoms with van der Waals surface area (Å²) in [6, 6.07) is 0. The van der Waals surface area contributed by atoms with E-state index in [-0.39, 0.29) is 0 Å². The fourth-order valence-electron chi connectivity index (χ4n) is 1.50. The van der Waals surface area contributed by atoms with Crippen LogP contribution < -0.4 is 0 Å². The van der Waals surface area contributed by atoms with Crippen LogP contribution in [0.2, 0.25) is 0 Å². The second-order valence-electron chi connectivity index (χ2n) is 3.71. The second-order valence-corrected chi connectivity index (χ2v) is 13.2. The van der Waals surface area contributed by atoms with Crippen LogP contribution in [-0.2, 0) is 0 Å². The van der Waals surface area contributed by atoms with Crippen molar-refractivity contribution in [3.05, 3.63) is 23.2 Å². The van der Waals surface area contributed by atoms with Crippen LogP contribution in [0.1, 0.15) is 0 Å². The molecule has 114 valence electrons. The maximum absolute atomic E-state index is 4.30. The van der Waals surface area contributed by atoms with E-state index in [0.717, 1.165) is 24.6 Å². The van der Waals surface area contributed by atoms with Crippen molar-refractivity contribution in [3.8, 4) is 0 Å². The lowest BCUT2D eigenvalue weighted by Crippen LogP contribution is -2.23. The molecule has 0 aromatic carbocycles. The van der Waals surface area contributed by atoms with Gasteiger partial charge in [-0.15, -0.1) is 0 Å². The largest absolute Gasteiger partial charge is 0.355 e. The fraction of sp³-hybridized carbons (Fsp3) is 0.600. The molecule has 2 unspecified atom stereocenters. The highest BCUT2D eigenvalue weighted by Crippen LogP contribution is 2.53. The zero-order valence-electron chi connectivity index (χ0n) is 10.5. The van der Waals surface area contributed by atoms with Crippen LogP contribution in [0.25, 0.3) is 0 Å². The molecule has 0 aromatic heterocycles. The molecule has 20 heavy (non-hydrogen) atoms. The van der Waals surface area contributed by atoms with E-state index in [1.54, 1.807) is 0 Å². The Balaban J connectivity index is 1.59. The number of rotatable bonds is 9. The van der Waals surface area contributed by atoms with Gasteiger partial charge in [-0.3, -0.25) is 0 Å². The Labute approximate surface area is 155 Å². The fourth-order valence-corrected chi connectivity index (χ4v) is 12.2. The topological polar surface area (TPSA) is 6.48 Å². The molecule has 0 bridgehead atoms. The Morgan fingerprint density at radius 2 is 1.30 bits per heavy atom. The van der Waals surface area contributed by atoms with Crippen molar-refractivity contribution in [2.24, 2.45) is 0 Å². The van der Waals surface area contributed by atoms with Crippen molar-refractivity contribution in [1.82, 2.24) is 9.80 Å². The summed E-state index contributed by atoms with van der Waals surface area (Å²) in [4.78, 5) is 4.69. The minimum absolute atomic E-state index is 0.489. The van der Waals surface area contributed by atoms with Crippen LogP contribution >= 0.6 is 90.0 Å². The summed E-state index contributed by atoms with van der Waals surface area (Å²) in [6.45, 7) is 2.03. The van der Waals surface area contributed by atoms with Crippen molar-refractivity contribution >= 4 is 90.0 Å². The van der Waals surface area contributed by atoms with Crippen molar-refractivity contribution in [2.45, 2.75) is 9.41 Å². The standard InChI is InChI=1S/C10H16N2S8/c13-5-1-11-3-7-15-9(11)17-19-20-18-10-12(2-6-14)4-8-16-10/h3-4,7-10,13-14H,1-2,5-6H2. The Morgan fingerprint density at radius 1 is 0.850 bits per heavy atom. The van der Waals surface area contributed by atoms with E-state index in [2.05, 4.69) is 58.3 Å². The van der Waals surface area contributed by atoms with Gasteiger partial charge in [-0.1, -0.05) is 23.5 Å². The first-order valence-corrected chi connectivity index (χ1v) is 14.0. The maximum atomic E-state index is 4.30. The summed E-state index contributed by atoms with van der Waals surface area (Å²) in [7, 11) is 7.57. The van der Waals surface area contributed by atoms with Crippen molar-refractivity contribution < 1.29 is 0 Å². The third-order valence-electron chi connectivity index (χ3n) is 2.42. The van der Waals surface area contributed by atoms with Crippen LogP contribution in [0.4, 0.5) is 0 Å². The maximum Gasteiger partial charge on any atom is 0.136 e. The van der Waals surface area contributed by atoms with Crippen LogP contribution in [0.3, 0.4) is 0 Å². The number of thiol groups is 2. The van der Waals surface area contributed by atoms with Gasteiger partial charge in [0.15, 0.2) is 0 Å². The smallest absolute Gasteiger partial charge is 0.136 e. The predicted molar refractivity (Wildman–Crippen MR) is 113 cm³/mol. The molecular weight excluding hydrogens is 405 g/mol. The molecule has 0 fully saturated rings. The molecule has 0 saturated carbocycles. The Kier molecular flexibility index (Phi) is 9.67. The highest BCUT2D eigenvalue weighted by molar-refractivity contribution is 9.26. The molecule has 10 heteroatoms. The van der Waals surface area contributed by atoms with Gasteiger partial charge in [0.05, 0.1) is 0 Å².